The first-order valence-electron chi connectivity index (χ1n) is 5.94. The molecule has 0 fully saturated rings. The Morgan fingerprint density at radius 2 is 2.05 bits per heavy atom. The highest BCUT2D eigenvalue weighted by atomic mass is 35.5. The summed E-state index contributed by atoms with van der Waals surface area (Å²) in [7, 11) is 0. The highest BCUT2D eigenvalue weighted by molar-refractivity contribution is 8.01. The van der Waals surface area contributed by atoms with Gasteiger partial charge in [0.25, 0.3) is 0 Å². The molecule has 0 atom stereocenters. The molecule has 8 heteroatoms. The van der Waals surface area contributed by atoms with Gasteiger partial charge in [-0.15, -0.1) is 11.3 Å². The van der Waals surface area contributed by atoms with E-state index in [4.69, 9.17) is 17.3 Å². The number of hydrogen-bond donors (Lipinski definition) is 2. The summed E-state index contributed by atoms with van der Waals surface area (Å²) in [5.74, 6) is -0.308. The lowest BCUT2D eigenvalue weighted by Crippen LogP contribution is -2.14. The highest BCUT2D eigenvalue weighted by Gasteiger charge is 2.08. The molecule has 5 nitrogen and oxygen atoms in total. The lowest BCUT2D eigenvalue weighted by molar-refractivity contribution is -0.117. The van der Waals surface area contributed by atoms with E-state index >= 15 is 0 Å². The van der Waals surface area contributed by atoms with Gasteiger partial charge in [-0.05, 0) is 24.3 Å². The first kappa shape index (κ1) is 15.8. The lowest BCUT2D eigenvalue weighted by Gasteiger charge is -2.03. The minimum atomic E-state index is -0.419. The molecule has 3 N–H and O–H groups in total. The van der Waals surface area contributed by atoms with Gasteiger partial charge in [-0.25, -0.2) is 4.98 Å². The largest absolute Gasteiger partial charge is 0.369 e. The van der Waals surface area contributed by atoms with E-state index in [1.165, 1.54) is 23.1 Å². The molecule has 110 valence electrons. The molecule has 0 aliphatic heterocycles. The van der Waals surface area contributed by atoms with E-state index < -0.39 is 5.91 Å². The Morgan fingerprint density at radius 1 is 1.33 bits per heavy atom. The maximum atomic E-state index is 11.8. The number of thiazole rings is 1. The second-order valence-corrected chi connectivity index (χ2v) is 6.61. The van der Waals surface area contributed by atoms with Crippen molar-refractivity contribution in [1.29, 1.82) is 0 Å². The Hall–Kier alpha value is -1.57. The van der Waals surface area contributed by atoms with Crippen molar-refractivity contribution in [3.63, 3.8) is 0 Å². The van der Waals surface area contributed by atoms with E-state index in [9.17, 15) is 9.59 Å². The molecule has 0 radical (unpaired) electrons. The zero-order valence-electron chi connectivity index (χ0n) is 10.8. The molecule has 0 bridgehead atoms. The SMILES string of the molecule is NC(=O)Cc1csc(SCC(=O)Nc2ccc(Cl)cc2)n1. The summed E-state index contributed by atoms with van der Waals surface area (Å²) in [4.78, 5) is 26.8. The molecule has 0 aliphatic carbocycles. The van der Waals surface area contributed by atoms with Gasteiger partial charge in [0, 0.05) is 16.1 Å². The fraction of sp³-hybridized carbons (Fsp3) is 0.154. The van der Waals surface area contributed by atoms with Gasteiger partial charge < -0.3 is 11.1 Å². The van der Waals surface area contributed by atoms with Crippen molar-refractivity contribution in [3.8, 4) is 0 Å². The van der Waals surface area contributed by atoms with Crippen molar-refractivity contribution >= 4 is 52.2 Å². The van der Waals surface area contributed by atoms with Crippen LogP contribution >= 0.6 is 34.7 Å². The van der Waals surface area contributed by atoms with E-state index in [-0.39, 0.29) is 18.1 Å². The maximum Gasteiger partial charge on any atom is 0.234 e. The normalized spacial score (nSPS) is 10.3. The number of nitrogens with two attached hydrogens (primary N) is 1. The Labute approximate surface area is 134 Å². The molecule has 0 spiro atoms. The van der Waals surface area contributed by atoms with Gasteiger partial charge in [0.05, 0.1) is 17.9 Å². The summed E-state index contributed by atoms with van der Waals surface area (Å²) in [6.07, 6.45) is 0.119. The summed E-state index contributed by atoms with van der Waals surface area (Å²) in [5, 5.41) is 5.15. The third-order valence-electron chi connectivity index (χ3n) is 2.34. The minimum absolute atomic E-state index is 0.119. The number of thioether (sulfide) groups is 1. The molecule has 1 aromatic heterocycles. The van der Waals surface area contributed by atoms with Crippen LogP contribution in [0.25, 0.3) is 0 Å². The fourth-order valence-corrected chi connectivity index (χ4v) is 3.24. The Bertz CT molecular complexity index is 643. The molecule has 0 aliphatic rings. The van der Waals surface area contributed by atoms with Gasteiger partial charge in [0.15, 0.2) is 4.34 Å². The predicted molar refractivity (Wildman–Crippen MR) is 85.8 cm³/mol. The zero-order chi connectivity index (χ0) is 15.2. The van der Waals surface area contributed by atoms with Crippen LogP contribution in [0.1, 0.15) is 5.69 Å². The number of halogens is 1. The smallest absolute Gasteiger partial charge is 0.234 e. The van der Waals surface area contributed by atoms with Crippen LogP contribution in [-0.4, -0.2) is 22.6 Å². The average molecular weight is 342 g/mol. The molecule has 0 saturated carbocycles. The van der Waals surface area contributed by atoms with Gasteiger partial charge in [-0.2, -0.15) is 0 Å². The summed E-state index contributed by atoms with van der Waals surface area (Å²) in [6, 6.07) is 6.89. The standard InChI is InChI=1S/C13H12ClN3O2S2/c14-8-1-3-9(4-2-8)16-12(19)7-21-13-17-10(6-20-13)5-11(15)18/h1-4,6H,5,7H2,(H2,15,18)(H,16,19). The monoisotopic (exact) mass is 341 g/mol. The number of hydrogen-bond acceptors (Lipinski definition) is 5. The van der Waals surface area contributed by atoms with E-state index in [1.807, 2.05) is 0 Å². The van der Waals surface area contributed by atoms with Crippen LogP contribution in [0.15, 0.2) is 34.0 Å². The second kappa shape index (κ2) is 7.44. The Balaban J connectivity index is 1.82. The van der Waals surface area contributed by atoms with E-state index in [1.54, 1.807) is 29.6 Å². The summed E-state index contributed by atoms with van der Waals surface area (Å²) < 4.78 is 0.734. The summed E-state index contributed by atoms with van der Waals surface area (Å²) >= 11 is 8.48. The van der Waals surface area contributed by atoms with Crippen LogP contribution in [0.2, 0.25) is 5.02 Å². The van der Waals surface area contributed by atoms with Gasteiger partial charge in [0.1, 0.15) is 0 Å². The third-order valence-corrected chi connectivity index (χ3v) is 4.66. The number of benzene rings is 1. The van der Waals surface area contributed by atoms with Gasteiger partial charge >= 0.3 is 0 Å². The van der Waals surface area contributed by atoms with Crippen molar-refractivity contribution < 1.29 is 9.59 Å². The van der Waals surface area contributed by atoms with E-state index in [0.717, 1.165) is 4.34 Å². The first-order chi connectivity index (χ1) is 10.0. The molecule has 2 amide bonds. The third kappa shape index (κ3) is 5.37. The number of nitrogens with one attached hydrogen (secondary N) is 1. The second-order valence-electron chi connectivity index (χ2n) is 4.09. The molecule has 0 saturated heterocycles. The van der Waals surface area contributed by atoms with Crippen LogP contribution in [0.4, 0.5) is 5.69 Å². The molecule has 0 unspecified atom stereocenters. The van der Waals surface area contributed by atoms with Crippen molar-refractivity contribution in [2.24, 2.45) is 5.73 Å². The summed E-state index contributed by atoms with van der Waals surface area (Å²) in [6.45, 7) is 0. The van der Waals surface area contributed by atoms with E-state index in [2.05, 4.69) is 10.3 Å². The lowest BCUT2D eigenvalue weighted by atomic mass is 10.3. The Kier molecular flexibility index (Phi) is 5.60. The molecular weight excluding hydrogens is 330 g/mol. The quantitative estimate of drug-likeness (QED) is 0.791. The number of aromatic nitrogens is 1. The number of primary amides is 1. The van der Waals surface area contributed by atoms with Crippen LogP contribution in [-0.2, 0) is 16.0 Å². The van der Waals surface area contributed by atoms with Crippen LogP contribution in [0.3, 0.4) is 0 Å². The molecule has 2 aromatic rings. The van der Waals surface area contributed by atoms with Gasteiger partial charge in [-0.3, -0.25) is 9.59 Å². The number of rotatable bonds is 6. The fourth-order valence-electron chi connectivity index (χ4n) is 1.47. The van der Waals surface area contributed by atoms with Crippen LogP contribution < -0.4 is 11.1 Å². The predicted octanol–water partition coefficient (Wildman–Crippen LogP) is 2.56. The van der Waals surface area contributed by atoms with Gasteiger partial charge in [-0.1, -0.05) is 23.4 Å². The minimum Gasteiger partial charge on any atom is -0.369 e. The first-order valence-corrected chi connectivity index (χ1v) is 8.18. The molecular formula is C13H12ClN3O2S2. The summed E-state index contributed by atoms with van der Waals surface area (Å²) in [5.41, 5.74) is 6.42. The number of nitrogens with zero attached hydrogens (tertiary/aromatic N) is 1. The van der Waals surface area contributed by atoms with Crippen molar-refractivity contribution in [3.05, 3.63) is 40.4 Å². The average Bonchev–Trinajstić information content (AvgIpc) is 2.86. The van der Waals surface area contributed by atoms with Crippen LogP contribution in [0, 0.1) is 0 Å². The maximum absolute atomic E-state index is 11.8. The van der Waals surface area contributed by atoms with Crippen molar-refractivity contribution in [2.75, 3.05) is 11.1 Å². The number of carbonyl (C=O) groups excluding carboxylic acids is 2. The topological polar surface area (TPSA) is 85.1 Å². The Morgan fingerprint density at radius 3 is 2.71 bits per heavy atom. The van der Waals surface area contributed by atoms with Crippen molar-refractivity contribution in [1.82, 2.24) is 4.98 Å². The molecule has 2 rings (SSSR count). The zero-order valence-corrected chi connectivity index (χ0v) is 13.2. The molecule has 1 aromatic carbocycles. The van der Waals surface area contributed by atoms with Crippen molar-refractivity contribution in [2.45, 2.75) is 10.8 Å². The molecule has 1 heterocycles. The van der Waals surface area contributed by atoms with Crippen LogP contribution in [0.5, 0.6) is 0 Å². The van der Waals surface area contributed by atoms with E-state index in [0.29, 0.717) is 16.4 Å². The molecule has 21 heavy (non-hydrogen) atoms. The number of anilines is 1. The number of carbonyl (C=O) groups is 2. The highest BCUT2D eigenvalue weighted by Crippen LogP contribution is 2.23. The van der Waals surface area contributed by atoms with Gasteiger partial charge in [0.2, 0.25) is 11.8 Å². The number of amides is 2.